The quantitative estimate of drug-likeness (QED) is 0.630. The van der Waals surface area contributed by atoms with Gasteiger partial charge in [0.1, 0.15) is 0 Å². The van der Waals surface area contributed by atoms with Crippen molar-refractivity contribution in [3.63, 3.8) is 0 Å². The number of amides is 2. The molecular weight excluding hydrogens is 276 g/mol. The minimum absolute atomic E-state index is 0.0582. The van der Waals surface area contributed by atoms with Crippen LogP contribution in [0.4, 0.5) is 5.69 Å². The van der Waals surface area contributed by atoms with Gasteiger partial charge in [0, 0.05) is 17.7 Å². The number of hydrogen-bond acceptors (Lipinski definition) is 4. The summed E-state index contributed by atoms with van der Waals surface area (Å²) in [5, 5.41) is 22.7. The number of carboxylic acids is 1. The summed E-state index contributed by atoms with van der Waals surface area (Å²) in [6, 6.07) is 3.43. The monoisotopic (exact) mass is 292 g/mol. The molecule has 2 rings (SSSR count). The minimum atomic E-state index is -1.34. The lowest BCUT2D eigenvalue weighted by atomic mass is 10.0. The molecule has 0 bridgehead atoms. The Balaban J connectivity index is 2.18. The summed E-state index contributed by atoms with van der Waals surface area (Å²) in [6.07, 6.45) is 1.79. The van der Waals surface area contributed by atoms with Crippen molar-refractivity contribution < 1.29 is 24.6 Å². The summed E-state index contributed by atoms with van der Waals surface area (Å²) in [4.78, 5) is 34.2. The van der Waals surface area contributed by atoms with Crippen molar-refractivity contribution in [1.82, 2.24) is 5.32 Å². The highest BCUT2D eigenvalue weighted by Crippen LogP contribution is 2.23. The standard InChI is InChI=1S/C14H16N2O5/c17-7-11(14(20)21)16-13(19)9-4-5-10-8(6-9)2-1-3-12(18)15-10/h4-6,11,17H,1-3,7H2,(H,15,18)(H,16,19)(H,20,21). The Labute approximate surface area is 121 Å². The van der Waals surface area contributed by atoms with Gasteiger partial charge >= 0.3 is 5.97 Å². The van der Waals surface area contributed by atoms with Crippen LogP contribution in [0.25, 0.3) is 0 Å². The lowest BCUT2D eigenvalue weighted by molar-refractivity contribution is -0.140. The van der Waals surface area contributed by atoms with Crippen molar-refractivity contribution in [3.05, 3.63) is 29.3 Å². The Morgan fingerprint density at radius 1 is 1.33 bits per heavy atom. The fraction of sp³-hybridized carbons (Fsp3) is 0.357. The Morgan fingerprint density at radius 3 is 2.76 bits per heavy atom. The minimum Gasteiger partial charge on any atom is -0.480 e. The molecule has 0 aliphatic carbocycles. The zero-order valence-electron chi connectivity index (χ0n) is 11.3. The van der Waals surface area contributed by atoms with E-state index in [0.717, 1.165) is 5.56 Å². The number of hydrogen-bond donors (Lipinski definition) is 4. The molecule has 112 valence electrons. The zero-order valence-corrected chi connectivity index (χ0v) is 11.3. The van der Waals surface area contributed by atoms with Crippen LogP contribution in [0.3, 0.4) is 0 Å². The van der Waals surface area contributed by atoms with E-state index < -0.39 is 24.5 Å². The van der Waals surface area contributed by atoms with Gasteiger partial charge in [-0.2, -0.15) is 0 Å². The molecule has 7 nitrogen and oxygen atoms in total. The molecule has 1 unspecified atom stereocenters. The molecular formula is C14H16N2O5. The van der Waals surface area contributed by atoms with E-state index in [1.165, 1.54) is 6.07 Å². The number of aliphatic hydroxyl groups is 1. The van der Waals surface area contributed by atoms with Crippen molar-refractivity contribution in [2.75, 3.05) is 11.9 Å². The first-order valence-electron chi connectivity index (χ1n) is 6.58. The largest absolute Gasteiger partial charge is 0.480 e. The van der Waals surface area contributed by atoms with Crippen LogP contribution in [0, 0.1) is 0 Å². The Hall–Kier alpha value is -2.41. The van der Waals surface area contributed by atoms with E-state index in [0.29, 0.717) is 30.5 Å². The second kappa shape index (κ2) is 6.36. The average Bonchev–Trinajstić information content (AvgIpc) is 2.63. The van der Waals surface area contributed by atoms with Crippen molar-refractivity contribution in [2.45, 2.75) is 25.3 Å². The molecule has 0 saturated carbocycles. The van der Waals surface area contributed by atoms with Gasteiger partial charge in [0.15, 0.2) is 6.04 Å². The third-order valence-corrected chi connectivity index (χ3v) is 3.28. The number of rotatable bonds is 4. The lowest BCUT2D eigenvalue weighted by Crippen LogP contribution is -2.43. The van der Waals surface area contributed by atoms with Crippen LogP contribution in [-0.2, 0) is 16.0 Å². The van der Waals surface area contributed by atoms with Crippen LogP contribution in [0.2, 0.25) is 0 Å². The van der Waals surface area contributed by atoms with Gasteiger partial charge in [0.25, 0.3) is 5.91 Å². The van der Waals surface area contributed by atoms with Crippen LogP contribution >= 0.6 is 0 Å². The maximum absolute atomic E-state index is 12.0. The molecule has 1 heterocycles. The van der Waals surface area contributed by atoms with Crippen LogP contribution in [-0.4, -0.2) is 40.6 Å². The van der Waals surface area contributed by atoms with Gasteiger partial charge in [-0.1, -0.05) is 0 Å². The zero-order chi connectivity index (χ0) is 15.4. The molecule has 7 heteroatoms. The highest BCUT2D eigenvalue weighted by Gasteiger charge is 2.21. The van der Waals surface area contributed by atoms with Crippen molar-refractivity contribution in [1.29, 1.82) is 0 Å². The number of benzene rings is 1. The van der Waals surface area contributed by atoms with E-state index in [9.17, 15) is 14.4 Å². The summed E-state index contributed by atoms with van der Waals surface area (Å²) in [6.45, 7) is -0.679. The molecule has 1 aromatic rings. The molecule has 0 fully saturated rings. The van der Waals surface area contributed by atoms with E-state index >= 15 is 0 Å². The number of fused-ring (bicyclic) bond motifs is 1. The van der Waals surface area contributed by atoms with Crippen LogP contribution in [0.15, 0.2) is 18.2 Å². The SMILES string of the molecule is O=C1CCCc2cc(C(=O)NC(CO)C(=O)O)ccc2N1. The normalized spacial score (nSPS) is 15.4. The summed E-state index contributed by atoms with van der Waals surface area (Å²) in [5.74, 6) is -1.93. The fourth-order valence-electron chi connectivity index (χ4n) is 2.14. The number of carbonyl (C=O) groups excluding carboxylic acids is 2. The molecule has 2 amide bonds. The maximum atomic E-state index is 12.0. The first kappa shape index (κ1) is 15.0. The van der Waals surface area contributed by atoms with Crippen LogP contribution < -0.4 is 10.6 Å². The van der Waals surface area contributed by atoms with Crippen molar-refractivity contribution in [3.8, 4) is 0 Å². The van der Waals surface area contributed by atoms with Gasteiger partial charge in [0.05, 0.1) is 6.61 Å². The molecule has 4 N–H and O–H groups in total. The van der Waals surface area contributed by atoms with Gasteiger partial charge in [-0.3, -0.25) is 9.59 Å². The first-order chi connectivity index (χ1) is 10.0. The number of carboxylic acid groups (broad SMARTS) is 1. The Bertz CT molecular complexity index is 585. The van der Waals surface area contributed by atoms with Gasteiger partial charge in [-0.25, -0.2) is 4.79 Å². The lowest BCUT2D eigenvalue weighted by Gasteiger charge is -2.13. The van der Waals surface area contributed by atoms with Gasteiger partial charge in [-0.05, 0) is 36.6 Å². The summed E-state index contributed by atoms with van der Waals surface area (Å²) >= 11 is 0. The highest BCUT2D eigenvalue weighted by atomic mass is 16.4. The van der Waals surface area contributed by atoms with Crippen LogP contribution in [0.5, 0.6) is 0 Å². The molecule has 1 atom stereocenters. The molecule has 0 radical (unpaired) electrons. The third-order valence-electron chi connectivity index (χ3n) is 3.28. The molecule has 0 aromatic heterocycles. The van der Waals surface area contributed by atoms with Gasteiger partial charge in [0.2, 0.25) is 5.91 Å². The number of anilines is 1. The number of nitrogens with one attached hydrogen (secondary N) is 2. The number of aliphatic carboxylic acids is 1. The third kappa shape index (κ3) is 3.57. The smallest absolute Gasteiger partial charge is 0.328 e. The Morgan fingerprint density at radius 2 is 2.10 bits per heavy atom. The predicted octanol–water partition coefficient (Wildman–Crippen LogP) is 0.137. The number of aliphatic hydroxyl groups excluding tert-OH is 1. The summed E-state index contributed by atoms with van der Waals surface area (Å²) in [5.41, 5.74) is 1.81. The molecule has 1 aliphatic heterocycles. The highest BCUT2D eigenvalue weighted by molar-refractivity contribution is 5.98. The van der Waals surface area contributed by atoms with E-state index in [4.69, 9.17) is 10.2 Å². The van der Waals surface area contributed by atoms with Gasteiger partial charge < -0.3 is 20.8 Å². The molecule has 1 aromatic carbocycles. The molecule has 1 aliphatic rings. The van der Waals surface area contributed by atoms with Gasteiger partial charge in [-0.15, -0.1) is 0 Å². The second-order valence-electron chi connectivity index (χ2n) is 4.82. The van der Waals surface area contributed by atoms with E-state index in [-0.39, 0.29) is 5.91 Å². The summed E-state index contributed by atoms with van der Waals surface area (Å²) < 4.78 is 0. The van der Waals surface area contributed by atoms with Crippen molar-refractivity contribution in [2.24, 2.45) is 0 Å². The molecule has 0 spiro atoms. The first-order valence-corrected chi connectivity index (χ1v) is 6.58. The predicted molar refractivity (Wildman–Crippen MR) is 74.0 cm³/mol. The maximum Gasteiger partial charge on any atom is 0.328 e. The topological polar surface area (TPSA) is 116 Å². The Kier molecular flexibility index (Phi) is 4.54. The van der Waals surface area contributed by atoms with E-state index in [1.54, 1.807) is 12.1 Å². The van der Waals surface area contributed by atoms with Crippen molar-refractivity contribution >= 4 is 23.5 Å². The summed E-state index contributed by atoms with van der Waals surface area (Å²) in [7, 11) is 0. The van der Waals surface area contributed by atoms with E-state index in [2.05, 4.69) is 10.6 Å². The number of aryl methyl sites for hydroxylation is 1. The molecule has 21 heavy (non-hydrogen) atoms. The fourth-order valence-corrected chi connectivity index (χ4v) is 2.14. The number of carbonyl (C=O) groups is 3. The average molecular weight is 292 g/mol. The van der Waals surface area contributed by atoms with Crippen LogP contribution in [0.1, 0.15) is 28.8 Å². The molecule has 0 saturated heterocycles. The van der Waals surface area contributed by atoms with E-state index in [1.807, 2.05) is 0 Å². The second-order valence-corrected chi connectivity index (χ2v) is 4.82.